The van der Waals surface area contributed by atoms with Gasteiger partial charge in [0, 0.05) is 0 Å². The minimum Gasteiger partial charge on any atom is -0.480 e. The summed E-state index contributed by atoms with van der Waals surface area (Å²) in [6.07, 6.45) is 7.71. The SMILES string of the molecule is CCCCCCC(C)(C(=O)O)N1CCCC1. The first-order valence-corrected chi connectivity index (χ1v) is 6.59. The van der Waals surface area contributed by atoms with Crippen LogP contribution in [0.2, 0.25) is 0 Å². The molecule has 1 heterocycles. The highest BCUT2D eigenvalue weighted by molar-refractivity contribution is 5.78. The Morgan fingerprint density at radius 1 is 1.25 bits per heavy atom. The number of carbonyl (C=O) groups is 1. The van der Waals surface area contributed by atoms with E-state index in [0.29, 0.717) is 0 Å². The van der Waals surface area contributed by atoms with Crippen molar-refractivity contribution in [2.45, 2.75) is 64.3 Å². The fourth-order valence-corrected chi connectivity index (χ4v) is 2.51. The standard InChI is InChI=1S/C13H25NO2/c1-3-4-5-6-9-13(2,12(15)16)14-10-7-8-11-14/h3-11H2,1-2H3,(H,15,16). The van der Waals surface area contributed by atoms with Gasteiger partial charge in [0.25, 0.3) is 0 Å². The zero-order valence-corrected chi connectivity index (χ0v) is 10.7. The summed E-state index contributed by atoms with van der Waals surface area (Å²) in [6, 6.07) is 0. The van der Waals surface area contributed by atoms with Gasteiger partial charge in [0.15, 0.2) is 0 Å². The molecular formula is C13H25NO2. The average molecular weight is 227 g/mol. The van der Waals surface area contributed by atoms with Crippen LogP contribution in [0.1, 0.15) is 58.8 Å². The van der Waals surface area contributed by atoms with Crippen molar-refractivity contribution in [2.24, 2.45) is 0 Å². The van der Waals surface area contributed by atoms with Gasteiger partial charge in [-0.25, -0.2) is 0 Å². The predicted octanol–water partition coefficient (Wildman–Crippen LogP) is 2.90. The van der Waals surface area contributed by atoms with Crippen molar-refractivity contribution in [3.8, 4) is 0 Å². The van der Waals surface area contributed by atoms with E-state index >= 15 is 0 Å². The van der Waals surface area contributed by atoms with E-state index in [1.165, 1.54) is 12.8 Å². The van der Waals surface area contributed by atoms with E-state index in [0.717, 1.165) is 45.2 Å². The second-order valence-electron chi connectivity index (χ2n) is 5.08. The molecule has 0 saturated carbocycles. The maximum absolute atomic E-state index is 11.4. The summed E-state index contributed by atoms with van der Waals surface area (Å²) in [5.74, 6) is -0.647. The molecule has 1 N–H and O–H groups in total. The van der Waals surface area contributed by atoms with Crippen LogP contribution in [0.15, 0.2) is 0 Å². The lowest BCUT2D eigenvalue weighted by atomic mass is 9.92. The first kappa shape index (κ1) is 13.5. The zero-order valence-electron chi connectivity index (χ0n) is 10.7. The molecule has 0 amide bonds. The largest absolute Gasteiger partial charge is 0.480 e. The number of unbranched alkanes of at least 4 members (excludes halogenated alkanes) is 3. The van der Waals surface area contributed by atoms with Gasteiger partial charge in [-0.05, 0) is 39.3 Å². The van der Waals surface area contributed by atoms with E-state index in [-0.39, 0.29) is 0 Å². The highest BCUT2D eigenvalue weighted by Crippen LogP contribution is 2.27. The Kier molecular flexibility index (Phi) is 5.26. The quantitative estimate of drug-likeness (QED) is 0.680. The molecule has 1 atom stereocenters. The lowest BCUT2D eigenvalue weighted by Crippen LogP contribution is -2.51. The fraction of sp³-hybridized carbons (Fsp3) is 0.923. The first-order valence-electron chi connectivity index (χ1n) is 6.59. The molecule has 1 saturated heterocycles. The number of nitrogens with zero attached hydrogens (tertiary/aromatic N) is 1. The third kappa shape index (κ3) is 3.21. The molecule has 0 aromatic rings. The maximum atomic E-state index is 11.4. The van der Waals surface area contributed by atoms with Gasteiger partial charge >= 0.3 is 5.97 Å². The monoisotopic (exact) mass is 227 g/mol. The van der Waals surface area contributed by atoms with E-state index in [2.05, 4.69) is 11.8 Å². The molecule has 1 aliphatic heterocycles. The molecule has 94 valence electrons. The van der Waals surface area contributed by atoms with Crippen molar-refractivity contribution in [2.75, 3.05) is 13.1 Å². The average Bonchev–Trinajstić information content (AvgIpc) is 2.77. The third-order valence-corrected chi connectivity index (χ3v) is 3.78. The maximum Gasteiger partial charge on any atom is 0.323 e. The molecule has 0 aromatic heterocycles. The Morgan fingerprint density at radius 2 is 1.88 bits per heavy atom. The molecule has 0 radical (unpaired) electrons. The number of hydrogen-bond acceptors (Lipinski definition) is 2. The van der Waals surface area contributed by atoms with E-state index in [1.807, 2.05) is 6.92 Å². The molecule has 16 heavy (non-hydrogen) atoms. The second kappa shape index (κ2) is 6.24. The van der Waals surface area contributed by atoms with Crippen LogP contribution in [-0.4, -0.2) is 34.6 Å². The van der Waals surface area contributed by atoms with Gasteiger partial charge in [-0.3, -0.25) is 9.69 Å². The summed E-state index contributed by atoms with van der Waals surface area (Å²) < 4.78 is 0. The fourth-order valence-electron chi connectivity index (χ4n) is 2.51. The molecule has 1 rings (SSSR count). The van der Waals surface area contributed by atoms with E-state index in [9.17, 15) is 9.90 Å². The smallest absolute Gasteiger partial charge is 0.323 e. The molecule has 1 aliphatic rings. The molecule has 1 unspecified atom stereocenters. The Bertz CT molecular complexity index is 224. The van der Waals surface area contributed by atoms with Crippen molar-refractivity contribution in [1.29, 1.82) is 0 Å². The highest BCUT2D eigenvalue weighted by atomic mass is 16.4. The molecule has 3 heteroatoms. The number of aliphatic carboxylic acids is 1. The Balaban J connectivity index is 2.47. The van der Waals surface area contributed by atoms with Gasteiger partial charge < -0.3 is 5.11 Å². The number of likely N-dealkylation sites (tertiary alicyclic amines) is 1. The van der Waals surface area contributed by atoms with Gasteiger partial charge in [0.05, 0.1) is 0 Å². The van der Waals surface area contributed by atoms with Crippen LogP contribution in [0.25, 0.3) is 0 Å². The molecule has 1 fully saturated rings. The lowest BCUT2D eigenvalue weighted by molar-refractivity contribution is -0.150. The van der Waals surface area contributed by atoms with E-state index in [4.69, 9.17) is 0 Å². The van der Waals surface area contributed by atoms with Gasteiger partial charge in [-0.1, -0.05) is 32.6 Å². The van der Waals surface area contributed by atoms with Crippen LogP contribution in [0.5, 0.6) is 0 Å². The summed E-state index contributed by atoms with van der Waals surface area (Å²) in [7, 11) is 0. The number of hydrogen-bond donors (Lipinski definition) is 1. The van der Waals surface area contributed by atoms with Crippen LogP contribution in [0.4, 0.5) is 0 Å². The number of carboxylic acid groups (broad SMARTS) is 1. The van der Waals surface area contributed by atoms with Gasteiger partial charge in [-0.15, -0.1) is 0 Å². The van der Waals surface area contributed by atoms with Gasteiger partial charge in [-0.2, -0.15) is 0 Å². The van der Waals surface area contributed by atoms with Crippen LogP contribution in [-0.2, 0) is 4.79 Å². The summed E-state index contributed by atoms with van der Waals surface area (Å²) in [5, 5.41) is 9.41. The third-order valence-electron chi connectivity index (χ3n) is 3.78. The first-order chi connectivity index (χ1) is 7.61. The van der Waals surface area contributed by atoms with E-state index in [1.54, 1.807) is 0 Å². The van der Waals surface area contributed by atoms with E-state index < -0.39 is 11.5 Å². The summed E-state index contributed by atoms with van der Waals surface area (Å²) in [6.45, 7) is 5.98. The topological polar surface area (TPSA) is 40.5 Å². The van der Waals surface area contributed by atoms with Crippen molar-refractivity contribution >= 4 is 5.97 Å². The molecule has 0 bridgehead atoms. The Morgan fingerprint density at radius 3 is 2.38 bits per heavy atom. The molecule has 3 nitrogen and oxygen atoms in total. The van der Waals surface area contributed by atoms with Crippen molar-refractivity contribution in [1.82, 2.24) is 4.90 Å². The van der Waals surface area contributed by atoms with Crippen LogP contribution in [0.3, 0.4) is 0 Å². The summed E-state index contributed by atoms with van der Waals surface area (Å²) in [5.41, 5.74) is -0.621. The highest BCUT2D eigenvalue weighted by Gasteiger charge is 2.39. The number of carboxylic acids is 1. The molecule has 0 aromatic carbocycles. The van der Waals surface area contributed by atoms with Crippen LogP contribution < -0.4 is 0 Å². The second-order valence-corrected chi connectivity index (χ2v) is 5.08. The predicted molar refractivity (Wildman–Crippen MR) is 65.6 cm³/mol. The molecular weight excluding hydrogens is 202 g/mol. The van der Waals surface area contributed by atoms with Gasteiger partial charge in [0.1, 0.15) is 5.54 Å². The van der Waals surface area contributed by atoms with Crippen LogP contribution in [0, 0.1) is 0 Å². The number of rotatable bonds is 7. The minimum atomic E-state index is -0.647. The zero-order chi connectivity index (χ0) is 12.0. The Hall–Kier alpha value is -0.570. The summed E-state index contributed by atoms with van der Waals surface area (Å²) >= 11 is 0. The normalized spacial score (nSPS) is 20.9. The summed E-state index contributed by atoms with van der Waals surface area (Å²) in [4.78, 5) is 13.6. The molecule has 0 aliphatic carbocycles. The van der Waals surface area contributed by atoms with Crippen molar-refractivity contribution in [3.63, 3.8) is 0 Å². The lowest BCUT2D eigenvalue weighted by Gasteiger charge is -2.34. The minimum absolute atomic E-state index is 0.621. The van der Waals surface area contributed by atoms with Gasteiger partial charge in [0.2, 0.25) is 0 Å². The Labute approximate surface area is 98.8 Å². The van der Waals surface area contributed by atoms with Crippen molar-refractivity contribution in [3.05, 3.63) is 0 Å². The van der Waals surface area contributed by atoms with Crippen LogP contribution >= 0.6 is 0 Å². The van der Waals surface area contributed by atoms with Crippen molar-refractivity contribution < 1.29 is 9.90 Å². The molecule has 0 spiro atoms.